The number of hydrogen-bond acceptors (Lipinski definition) is 4. The summed E-state index contributed by atoms with van der Waals surface area (Å²) >= 11 is 0. The minimum absolute atomic E-state index is 0.0519. The second-order valence-corrected chi connectivity index (χ2v) is 5.82. The van der Waals surface area contributed by atoms with E-state index in [0.717, 1.165) is 23.5 Å². The number of fused-ring (bicyclic) bond motifs is 1. The zero-order valence-corrected chi connectivity index (χ0v) is 13.8. The van der Waals surface area contributed by atoms with Gasteiger partial charge in [-0.1, -0.05) is 0 Å². The standard InChI is InChI=1S/C17H22N4O2/c1-4-21-8-7-15(18-21)17(22)20-9-10-23-16-6-5-14(19(2)3)11-13(16)12-20/h5-8,11H,4,9-10,12H2,1-3H3. The molecule has 1 aromatic heterocycles. The molecule has 0 aliphatic carbocycles. The lowest BCUT2D eigenvalue weighted by molar-refractivity contribution is 0.0726. The topological polar surface area (TPSA) is 50.6 Å². The summed E-state index contributed by atoms with van der Waals surface area (Å²) < 4.78 is 7.55. The summed E-state index contributed by atoms with van der Waals surface area (Å²) in [5.74, 6) is 0.800. The molecule has 0 spiro atoms. The van der Waals surface area contributed by atoms with Gasteiger partial charge in [-0.15, -0.1) is 0 Å². The highest BCUT2D eigenvalue weighted by Crippen LogP contribution is 2.27. The number of anilines is 1. The number of aryl methyl sites for hydroxylation is 1. The van der Waals surface area contributed by atoms with Crippen molar-refractivity contribution in [3.8, 4) is 5.75 Å². The van der Waals surface area contributed by atoms with Crippen molar-refractivity contribution in [3.63, 3.8) is 0 Å². The van der Waals surface area contributed by atoms with E-state index in [-0.39, 0.29) is 5.91 Å². The maximum atomic E-state index is 12.7. The Labute approximate surface area is 136 Å². The Kier molecular flexibility index (Phi) is 4.23. The molecule has 0 fully saturated rings. The molecule has 0 saturated carbocycles. The van der Waals surface area contributed by atoms with Crippen LogP contribution in [0.3, 0.4) is 0 Å². The normalized spacial score (nSPS) is 14.0. The van der Waals surface area contributed by atoms with Crippen LogP contribution in [-0.2, 0) is 13.1 Å². The van der Waals surface area contributed by atoms with Crippen LogP contribution in [-0.4, -0.2) is 47.8 Å². The summed E-state index contributed by atoms with van der Waals surface area (Å²) in [6, 6.07) is 7.85. The fraction of sp³-hybridized carbons (Fsp3) is 0.412. The molecular formula is C17H22N4O2. The van der Waals surface area contributed by atoms with Crippen molar-refractivity contribution in [2.45, 2.75) is 20.0 Å². The number of ether oxygens (including phenoxy) is 1. The monoisotopic (exact) mass is 314 g/mol. The molecule has 1 aliphatic rings. The zero-order valence-electron chi connectivity index (χ0n) is 13.8. The first-order valence-electron chi connectivity index (χ1n) is 7.84. The molecule has 1 aliphatic heterocycles. The van der Waals surface area contributed by atoms with Crippen LogP contribution in [0.2, 0.25) is 0 Å². The Hall–Kier alpha value is -2.50. The number of hydrogen-bond donors (Lipinski definition) is 0. The molecule has 0 radical (unpaired) electrons. The largest absolute Gasteiger partial charge is 0.491 e. The molecule has 1 aromatic carbocycles. The van der Waals surface area contributed by atoms with Crippen LogP contribution >= 0.6 is 0 Å². The first-order chi connectivity index (χ1) is 11.1. The minimum atomic E-state index is -0.0519. The van der Waals surface area contributed by atoms with Crippen LogP contribution in [0.25, 0.3) is 0 Å². The highest BCUT2D eigenvalue weighted by molar-refractivity contribution is 5.92. The molecule has 6 heteroatoms. The number of carbonyl (C=O) groups is 1. The molecule has 6 nitrogen and oxygen atoms in total. The Morgan fingerprint density at radius 3 is 2.87 bits per heavy atom. The summed E-state index contributed by atoms with van der Waals surface area (Å²) in [5, 5.41) is 4.31. The lowest BCUT2D eigenvalue weighted by Gasteiger charge is -2.19. The fourth-order valence-electron chi connectivity index (χ4n) is 2.65. The van der Waals surface area contributed by atoms with Gasteiger partial charge in [-0.25, -0.2) is 0 Å². The maximum absolute atomic E-state index is 12.7. The smallest absolute Gasteiger partial charge is 0.274 e. The van der Waals surface area contributed by atoms with E-state index in [2.05, 4.69) is 11.2 Å². The molecule has 0 atom stereocenters. The van der Waals surface area contributed by atoms with Crippen LogP contribution in [0.4, 0.5) is 5.69 Å². The average molecular weight is 314 g/mol. The van der Waals surface area contributed by atoms with Crippen molar-refractivity contribution < 1.29 is 9.53 Å². The van der Waals surface area contributed by atoms with Crippen molar-refractivity contribution in [3.05, 3.63) is 41.7 Å². The molecule has 0 saturated heterocycles. The van der Waals surface area contributed by atoms with E-state index in [1.807, 2.05) is 44.2 Å². The number of rotatable bonds is 3. The quantitative estimate of drug-likeness (QED) is 0.869. The van der Waals surface area contributed by atoms with Crippen LogP contribution in [0.1, 0.15) is 23.0 Å². The van der Waals surface area contributed by atoms with Gasteiger partial charge < -0.3 is 14.5 Å². The van der Waals surface area contributed by atoms with Gasteiger partial charge in [0.25, 0.3) is 5.91 Å². The average Bonchev–Trinajstić information content (AvgIpc) is 2.93. The Balaban J connectivity index is 1.84. The lowest BCUT2D eigenvalue weighted by atomic mass is 10.1. The summed E-state index contributed by atoms with van der Waals surface area (Å²) in [5.41, 5.74) is 2.60. The van der Waals surface area contributed by atoms with Crippen molar-refractivity contribution in [2.75, 3.05) is 32.1 Å². The summed E-state index contributed by atoms with van der Waals surface area (Å²) in [6.07, 6.45) is 1.83. The summed E-state index contributed by atoms with van der Waals surface area (Å²) in [4.78, 5) is 16.5. The SMILES string of the molecule is CCn1ccc(C(=O)N2CCOc3ccc(N(C)C)cc3C2)n1. The Bertz CT molecular complexity index is 708. The Morgan fingerprint density at radius 1 is 1.35 bits per heavy atom. The first kappa shape index (κ1) is 15.4. The molecule has 122 valence electrons. The number of aromatic nitrogens is 2. The lowest BCUT2D eigenvalue weighted by Crippen LogP contribution is -2.32. The molecule has 3 rings (SSSR count). The van der Waals surface area contributed by atoms with Crippen molar-refractivity contribution >= 4 is 11.6 Å². The van der Waals surface area contributed by atoms with Crippen LogP contribution < -0.4 is 9.64 Å². The molecule has 2 aromatic rings. The predicted octanol–water partition coefficient (Wildman–Crippen LogP) is 2.00. The zero-order chi connectivity index (χ0) is 16.4. The third-order valence-electron chi connectivity index (χ3n) is 4.01. The van der Waals surface area contributed by atoms with E-state index in [1.165, 1.54) is 0 Å². The van der Waals surface area contributed by atoms with E-state index in [4.69, 9.17) is 4.74 Å². The summed E-state index contributed by atoms with van der Waals surface area (Å²) in [7, 11) is 4.00. The fourth-order valence-corrected chi connectivity index (χ4v) is 2.65. The van der Waals surface area contributed by atoms with Gasteiger partial charge in [-0.3, -0.25) is 9.48 Å². The number of carbonyl (C=O) groups excluding carboxylic acids is 1. The van der Waals surface area contributed by atoms with Gasteiger partial charge in [-0.05, 0) is 31.2 Å². The molecule has 0 unspecified atom stereocenters. The number of amides is 1. The second-order valence-electron chi connectivity index (χ2n) is 5.82. The van der Waals surface area contributed by atoms with Crippen molar-refractivity contribution in [1.29, 1.82) is 0 Å². The number of benzene rings is 1. The third-order valence-corrected chi connectivity index (χ3v) is 4.01. The van der Waals surface area contributed by atoms with Crippen molar-refractivity contribution in [1.82, 2.24) is 14.7 Å². The van der Waals surface area contributed by atoms with E-state index < -0.39 is 0 Å². The van der Waals surface area contributed by atoms with Gasteiger partial charge in [0.05, 0.1) is 6.54 Å². The van der Waals surface area contributed by atoms with Gasteiger partial charge in [0.2, 0.25) is 0 Å². The molecule has 0 N–H and O–H groups in total. The Morgan fingerprint density at radius 2 is 2.17 bits per heavy atom. The van der Waals surface area contributed by atoms with E-state index in [1.54, 1.807) is 15.6 Å². The third kappa shape index (κ3) is 3.16. The van der Waals surface area contributed by atoms with Gasteiger partial charge in [0, 0.05) is 44.6 Å². The van der Waals surface area contributed by atoms with Crippen LogP contribution in [0.15, 0.2) is 30.5 Å². The minimum Gasteiger partial charge on any atom is -0.491 e. The van der Waals surface area contributed by atoms with Crippen molar-refractivity contribution in [2.24, 2.45) is 0 Å². The molecule has 23 heavy (non-hydrogen) atoms. The van der Waals surface area contributed by atoms with E-state index in [9.17, 15) is 4.79 Å². The summed E-state index contributed by atoms with van der Waals surface area (Å²) in [6.45, 7) is 4.35. The van der Waals surface area contributed by atoms with Gasteiger partial charge in [-0.2, -0.15) is 5.10 Å². The molecule has 0 bridgehead atoms. The van der Waals surface area contributed by atoms with Gasteiger partial charge >= 0.3 is 0 Å². The molecule has 2 heterocycles. The molecular weight excluding hydrogens is 292 g/mol. The predicted molar refractivity (Wildman–Crippen MR) is 88.9 cm³/mol. The van der Waals surface area contributed by atoms with E-state index >= 15 is 0 Å². The maximum Gasteiger partial charge on any atom is 0.274 e. The molecule has 1 amide bonds. The van der Waals surface area contributed by atoms with Crippen LogP contribution in [0.5, 0.6) is 5.75 Å². The van der Waals surface area contributed by atoms with E-state index in [0.29, 0.717) is 25.4 Å². The van der Waals surface area contributed by atoms with Gasteiger partial charge in [0.1, 0.15) is 18.1 Å². The number of nitrogens with zero attached hydrogens (tertiary/aromatic N) is 4. The second kappa shape index (κ2) is 6.32. The van der Waals surface area contributed by atoms with Crippen LogP contribution in [0, 0.1) is 0 Å². The highest BCUT2D eigenvalue weighted by atomic mass is 16.5. The first-order valence-corrected chi connectivity index (χ1v) is 7.84. The van der Waals surface area contributed by atoms with Gasteiger partial charge in [0.15, 0.2) is 0 Å². The highest BCUT2D eigenvalue weighted by Gasteiger charge is 2.23.